The fraction of sp³-hybridized carbons (Fsp3) is 0.625. The van der Waals surface area contributed by atoms with Gasteiger partial charge in [0.25, 0.3) is 0 Å². The standard InChI is InChI=1S/C16H21NO6S2/c1-9-8-24-13(16(20)23-2)14(9)25(21,22)17-11-6-4-3-5-10(11)7-12(17)15(18)19/h8,10-12H,3-7H2,1-2H3,(H,18,19). The molecule has 0 spiro atoms. The van der Waals surface area contributed by atoms with Crippen LogP contribution in [-0.4, -0.2) is 49.0 Å². The molecule has 1 aromatic heterocycles. The molecule has 0 aromatic carbocycles. The van der Waals surface area contributed by atoms with Crippen LogP contribution in [0, 0.1) is 12.8 Å². The fourth-order valence-corrected chi connectivity index (χ4v) is 7.60. The maximum Gasteiger partial charge on any atom is 0.349 e. The number of esters is 1. The van der Waals surface area contributed by atoms with Gasteiger partial charge in [0.15, 0.2) is 0 Å². The number of methoxy groups -OCH3 is 1. The highest BCUT2D eigenvalue weighted by atomic mass is 32.2. The van der Waals surface area contributed by atoms with E-state index in [4.69, 9.17) is 4.74 Å². The van der Waals surface area contributed by atoms with Crippen LogP contribution in [0.5, 0.6) is 0 Å². The Balaban J connectivity index is 2.11. The molecule has 2 aliphatic rings. The van der Waals surface area contributed by atoms with Crippen molar-refractivity contribution >= 4 is 33.3 Å². The third-order valence-electron chi connectivity index (χ3n) is 5.14. The lowest BCUT2D eigenvalue weighted by molar-refractivity contribution is -0.141. The van der Waals surface area contributed by atoms with Crippen molar-refractivity contribution in [2.45, 2.75) is 56.0 Å². The Hall–Kier alpha value is -1.45. The highest BCUT2D eigenvalue weighted by Gasteiger charge is 2.52. The van der Waals surface area contributed by atoms with Gasteiger partial charge in [0, 0.05) is 6.04 Å². The van der Waals surface area contributed by atoms with E-state index in [9.17, 15) is 23.1 Å². The van der Waals surface area contributed by atoms with Gasteiger partial charge in [-0.25, -0.2) is 13.2 Å². The molecule has 3 rings (SSSR count). The summed E-state index contributed by atoms with van der Waals surface area (Å²) in [6.45, 7) is 1.61. The number of aliphatic carboxylic acids is 1. The summed E-state index contributed by atoms with van der Waals surface area (Å²) in [7, 11) is -2.92. The van der Waals surface area contributed by atoms with E-state index in [1.807, 2.05) is 0 Å². The number of aryl methyl sites for hydroxylation is 1. The van der Waals surface area contributed by atoms with Crippen molar-refractivity contribution < 1.29 is 27.9 Å². The molecule has 1 aromatic rings. The van der Waals surface area contributed by atoms with Crippen molar-refractivity contribution in [3.63, 3.8) is 0 Å². The second-order valence-electron chi connectivity index (χ2n) is 6.61. The molecule has 0 amide bonds. The van der Waals surface area contributed by atoms with Gasteiger partial charge in [-0.2, -0.15) is 4.31 Å². The Bertz CT molecular complexity index is 800. The highest BCUT2D eigenvalue weighted by molar-refractivity contribution is 7.89. The Labute approximate surface area is 150 Å². The zero-order valence-electron chi connectivity index (χ0n) is 14.1. The average molecular weight is 387 g/mol. The minimum atomic E-state index is -4.11. The first-order valence-electron chi connectivity index (χ1n) is 8.21. The van der Waals surface area contributed by atoms with Crippen LogP contribution in [0.25, 0.3) is 0 Å². The van der Waals surface area contributed by atoms with Crippen LogP contribution in [0.3, 0.4) is 0 Å². The van der Waals surface area contributed by atoms with E-state index in [0.29, 0.717) is 18.4 Å². The molecular formula is C16H21NO6S2. The van der Waals surface area contributed by atoms with Crippen molar-refractivity contribution in [1.29, 1.82) is 0 Å². The second-order valence-corrected chi connectivity index (χ2v) is 9.26. The highest BCUT2D eigenvalue weighted by Crippen LogP contribution is 2.44. The first kappa shape index (κ1) is 18.3. The summed E-state index contributed by atoms with van der Waals surface area (Å²) in [5.41, 5.74) is 0.439. The third kappa shape index (κ3) is 2.98. The predicted octanol–water partition coefficient (Wildman–Crippen LogP) is 2.25. The SMILES string of the molecule is COC(=O)c1scc(C)c1S(=O)(=O)N1C(C(=O)O)CC2CCCCC21. The lowest BCUT2D eigenvalue weighted by Gasteiger charge is -2.32. The molecule has 1 saturated heterocycles. The summed E-state index contributed by atoms with van der Waals surface area (Å²) < 4.78 is 32.6. The number of fused-ring (bicyclic) bond motifs is 1. The van der Waals surface area contributed by atoms with Gasteiger partial charge in [-0.1, -0.05) is 12.8 Å². The molecule has 2 heterocycles. The minimum absolute atomic E-state index is 0.00315. The lowest BCUT2D eigenvalue weighted by Crippen LogP contribution is -2.46. The molecule has 1 N–H and O–H groups in total. The summed E-state index contributed by atoms with van der Waals surface area (Å²) in [5, 5.41) is 11.2. The van der Waals surface area contributed by atoms with Gasteiger partial charge in [-0.3, -0.25) is 4.79 Å². The van der Waals surface area contributed by atoms with Gasteiger partial charge in [0.05, 0.1) is 7.11 Å². The zero-order valence-corrected chi connectivity index (χ0v) is 15.7. The van der Waals surface area contributed by atoms with Crippen molar-refractivity contribution in [3.05, 3.63) is 15.8 Å². The van der Waals surface area contributed by atoms with Crippen LogP contribution in [-0.2, 0) is 19.6 Å². The quantitative estimate of drug-likeness (QED) is 0.795. The molecule has 7 nitrogen and oxygen atoms in total. The maximum atomic E-state index is 13.4. The number of hydrogen-bond acceptors (Lipinski definition) is 6. The normalized spacial score (nSPS) is 27.0. The maximum absolute atomic E-state index is 13.4. The molecule has 0 bridgehead atoms. The van der Waals surface area contributed by atoms with Gasteiger partial charge in [0.1, 0.15) is 15.8 Å². The van der Waals surface area contributed by atoms with Gasteiger partial charge < -0.3 is 9.84 Å². The van der Waals surface area contributed by atoms with E-state index in [1.54, 1.807) is 12.3 Å². The number of ether oxygens (including phenoxy) is 1. The molecular weight excluding hydrogens is 366 g/mol. The van der Waals surface area contributed by atoms with E-state index >= 15 is 0 Å². The smallest absolute Gasteiger partial charge is 0.349 e. The third-order valence-corrected chi connectivity index (χ3v) is 8.47. The molecule has 3 atom stereocenters. The first-order valence-corrected chi connectivity index (χ1v) is 10.5. The number of hydrogen-bond donors (Lipinski definition) is 1. The van der Waals surface area contributed by atoms with Gasteiger partial charge in [0.2, 0.25) is 10.0 Å². The predicted molar refractivity (Wildman–Crippen MR) is 91.2 cm³/mol. The largest absolute Gasteiger partial charge is 0.480 e. The van der Waals surface area contributed by atoms with Gasteiger partial charge in [-0.15, -0.1) is 11.3 Å². The second kappa shape index (κ2) is 6.69. The number of carboxylic acid groups (broad SMARTS) is 1. The topological polar surface area (TPSA) is 101 Å². The Morgan fingerprint density at radius 3 is 2.64 bits per heavy atom. The summed E-state index contributed by atoms with van der Waals surface area (Å²) in [6, 6.07) is -1.40. The Morgan fingerprint density at radius 1 is 1.32 bits per heavy atom. The van der Waals surface area contributed by atoms with E-state index < -0.39 is 28.0 Å². The van der Waals surface area contributed by atoms with Crippen LogP contribution in [0.4, 0.5) is 0 Å². The van der Waals surface area contributed by atoms with Crippen LogP contribution in [0.15, 0.2) is 10.3 Å². The molecule has 1 aliphatic heterocycles. The average Bonchev–Trinajstić information content (AvgIpc) is 3.15. The summed E-state index contributed by atoms with van der Waals surface area (Å²) in [5.74, 6) is -1.79. The minimum Gasteiger partial charge on any atom is -0.480 e. The van der Waals surface area contributed by atoms with Gasteiger partial charge in [-0.05, 0) is 43.0 Å². The van der Waals surface area contributed by atoms with Crippen molar-refractivity contribution in [3.8, 4) is 0 Å². The Morgan fingerprint density at radius 2 is 2.00 bits per heavy atom. The fourth-order valence-electron chi connectivity index (χ4n) is 4.07. The van der Waals surface area contributed by atoms with Crippen LogP contribution < -0.4 is 0 Å². The Kier molecular flexibility index (Phi) is 4.91. The number of rotatable bonds is 4. The van der Waals surface area contributed by atoms with Crippen molar-refractivity contribution in [2.75, 3.05) is 7.11 Å². The van der Waals surface area contributed by atoms with Crippen LogP contribution in [0.1, 0.15) is 47.3 Å². The molecule has 3 unspecified atom stereocenters. The van der Waals surface area contributed by atoms with Crippen LogP contribution >= 0.6 is 11.3 Å². The number of carbonyl (C=O) groups is 2. The van der Waals surface area contributed by atoms with E-state index in [0.717, 1.165) is 34.9 Å². The lowest BCUT2D eigenvalue weighted by atomic mass is 9.85. The number of thiophene rings is 1. The zero-order chi connectivity index (χ0) is 18.4. The molecule has 138 valence electrons. The van der Waals surface area contributed by atoms with Crippen molar-refractivity contribution in [2.24, 2.45) is 5.92 Å². The molecule has 9 heteroatoms. The number of nitrogens with zero attached hydrogens (tertiary/aromatic N) is 1. The van der Waals surface area contributed by atoms with Crippen LogP contribution in [0.2, 0.25) is 0 Å². The number of carbonyl (C=O) groups excluding carboxylic acids is 1. The number of carboxylic acids is 1. The summed E-state index contributed by atoms with van der Waals surface area (Å²) >= 11 is 1.01. The number of sulfonamides is 1. The molecule has 1 aliphatic carbocycles. The first-order chi connectivity index (χ1) is 11.8. The monoisotopic (exact) mass is 387 g/mol. The van der Waals surface area contributed by atoms with Crippen molar-refractivity contribution in [1.82, 2.24) is 4.31 Å². The molecule has 2 fully saturated rings. The molecule has 1 saturated carbocycles. The summed E-state index contributed by atoms with van der Waals surface area (Å²) in [4.78, 5) is 23.6. The van der Waals surface area contributed by atoms with E-state index in [2.05, 4.69) is 0 Å². The van der Waals surface area contributed by atoms with E-state index in [-0.39, 0.29) is 21.7 Å². The van der Waals surface area contributed by atoms with E-state index in [1.165, 1.54) is 7.11 Å². The summed E-state index contributed by atoms with van der Waals surface area (Å²) in [6.07, 6.45) is 3.70. The molecule has 25 heavy (non-hydrogen) atoms. The van der Waals surface area contributed by atoms with Gasteiger partial charge >= 0.3 is 11.9 Å². The molecule has 0 radical (unpaired) electrons.